The first-order valence-corrected chi connectivity index (χ1v) is 7.23. The van der Waals surface area contributed by atoms with Gasteiger partial charge in [0.2, 0.25) is 5.91 Å². The van der Waals surface area contributed by atoms with Crippen molar-refractivity contribution in [3.8, 4) is 0 Å². The fourth-order valence-electron chi connectivity index (χ4n) is 1.77. The zero-order valence-corrected chi connectivity index (χ0v) is 13.5. The number of carboxylic acid groups (broad SMARTS) is 2. The molecule has 2 atom stereocenters. The first-order valence-electron chi connectivity index (χ1n) is 7.23. The number of carbonyl (C=O) groups is 3. The standard InChI is InChI=1S/C8H11N3O3.C6H9N3O2/c1-5(12)11-7(8(13)14)2-6-3-9-4-10-6;7-5(6(10)11)1-4-2-8-3-9-4/h3-4,7H,2H2,1H3,(H,9,10)(H,11,12)(H,13,14);2-3,5H,1,7H2,(H,8,9)(H,10,11)/t7-;5-/m00/s1. The zero-order chi connectivity index (χ0) is 18.8. The summed E-state index contributed by atoms with van der Waals surface area (Å²) in [7, 11) is 0. The number of hydrogen-bond donors (Lipinski definition) is 6. The summed E-state index contributed by atoms with van der Waals surface area (Å²) in [5.41, 5.74) is 6.52. The zero-order valence-electron chi connectivity index (χ0n) is 13.5. The minimum Gasteiger partial charge on any atom is -0.480 e. The third-order valence-corrected chi connectivity index (χ3v) is 2.94. The Bertz CT molecular complexity index is 670. The van der Waals surface area contributed by atoms with E-state index in [1.807, 2.05) is 0 Å². The number of hydrogen-bond acceptors (Lipinski definition) is 6. The predicted molar refractivity (Wildman–Crippen MR) is 85.4 cm³/mol. The number of nitrogens with one attached hydrogen (secondary N) is 3. The Kier molecular flexibility index (Phi) is 7.79. The van der Waals surface area contributed by atoms with E-state index in [1.54, 1.807) is 12.4 Å². The van der Waals surface area contributed by atoms with Crippen LogP contribution in [0.4, 0.5) is 0 Å². The van der Waals surface area contributed by atoms with Gasteiger partial charge >= 0.3 is 11.9 Å². The fourth-order valence-corrected chi connectivity index (χ4v) is 1.77. The first-order chi connectivity index (χ1) is 11.8. The van der Waals surface area contributed by atoms with Crippen molar-refractivity contribution in [1.82, 2.24) is 25.3 Å². The number of carboxylic acids is 2. The van der Waals surface area contributed by atoms with Crippen molar-refractivity contribution in [2.75, 3.05) is 0 Å². The second kappa shape index (κ2) is 9.82. The van der Waals surface area contributed by atoms with Gasteiger partial charge in [0.25, 0.3) is 0 Å². The Hall–Kier alpha value is -3.21. The van der Waals surface area contributed by atoms with E-state index in [0.29, 0.717) is 11.4 Å². The van der Waals surface area contributed by atoms with Crippen LogP contribution in [0.25, 0.3) is 0 Å². The molecule has 0 aliphatic rings. The summed E-state index contributed by atoms with van der Waals surface area (Å²) in [6.45, 7) is 1.28. The summed E-state index contributed by atoms with van der Waals surface area (Å²) in [5.74, 6) is -2.44. The summed E-state index contributed by atoms with van der Waals surface area (Å²) >= 11 is 0. The highest BCUT2D eigenvalue weighted by atomic mass is 16.4. The van der Waals surface area contributed by atoms with Gasteiger partial charge in [0.05, 0.1) is 24.0 Å². The molecule has 0 saturated carbocycles. The van der Waals surface area contributed by atoms with Crippen LogP contribution in [0, 0.1) is 0 Å². The highest BCUT2D eigenvalue weighted by molar-refractivity contribution is 5.82. The molecule has 1 amide bonds. The SMILES string of the molecule is CC(=O)N[C@@H](Cc1c[nH]cn1)C(=O)O.N[C@@H](Cc1c[nH]cn1)C(=O)O. The molecule has 2 aromatic rings. The molecule has 2 heterocycles. The van der Waals surface area contributed by atoms with E-state index in [1.165, 1.54) is 19.6 Å². The van der Waals surface area contributed by atoms with Crippen molar-refractivity contribution >= 4 is 17.8 Å². The maximum atomic E-state index is 10.7. The molecule has 0 spiro atoms. The number of imidazole rings is 2. The van der Waals surface area contributed by atoms with Gasteiger partial charge in [0, 0.05) is 32.2 Å². The molecule has 11 heteroatoms. The molecule has 0 aliphatic heterocycles. The number of aromatic amines is 2. The van der Waals surface area contributed by atoms with E-state index >= 15 is 0 Å². The van der Waals surface area contributed by atoms with Crippen molar-refractivity contribution in [2.45, 2.75) is 31.8 Å². The minimum atomic E-state index is -1.07. The molecule has 25 heavy (non-hydrogen) atoms. The number of rotatable bonds is 7. The van der Waals surface area contributed by atoms with E-state index in [4.69, 9.17) is 15.9 Å². The van der Waals surface area contributed by atoms with Crippen molar-refractivity contribution in [3.05, 3.63) is 36.4 Å². The summed E-state index contributed by atoms with van der Waals surface area (Å²) < 4.78 is 0. The van der Waals surface area contributed by atoms with E-state index in [9.17, 15) is 14.4 Å². The highest BCUT2D eigenvalue weighted by Gasteiger charge is 2.19. The lowest BCUT2D eigenvalue weighted by Crippen LogP contribution is -2.41. The Labute approximate surface area is 142 Å². The third kappa shape index (κ3) is 7.74. The first kappa shape index (κ1) is 19.8. The number of aliphatic carboxylic acids is 2. The van der Waals surface area contributed by atoms with E-state index < -0.39 is 24.0 Å². The fraction of sp³-hybridized carbons (Fsp3) is 0.357. The van der Waals surface area contributed by atoms with E-state index in [-0.39, 0.29) is 18.7 Å². The maximum absolute atomic E-state index is 10.7. The van der Waals surface area contributed by atoms with Gasteiger partial charge in [-0.1, -0.05) is 0 Å². The monoisotopic (exact) mass is 352 g/mol. The Morgan fingerprint density at radius 1 is 1.08 bits per heavy atom. The number of nitrogens with two attached hydrogens (primary N) is 1. The molecule has 2 rings (SSSR count). The molecule has 0 unspecified atom stereocenters. The second-order valence-electron chi connectivity index (χ2n) is 5.07. The highest BCUT2D eigenvalue weighted by Crippen LogP contribution is 1.98. The third-order valence-electron chi connectivity index (χ3n) is 2.94. The number of amides is 1. The van der Waals surface area contributed by atoms with Gasteiger partial charge in [0.1, 0.15) is 12.1 Å². The number of nitrogens with zero attached hydrogens (tertiary/aromatic N) is 2. The summed E-state index contributed by atoms with van der Waals surface area (Å²) in [4.78, 5) is 44.8. The minimum absolute atomic E-state index is 0.179. The van der Waals surface area contributed by atoms with Crippen LogP contribution in [0.2, 0.25) is 0 Å². The Morgan fingerprint density at radius 2 is 1.60 bits per heavy atom. The largest absolute Gasteiger partial charge is 0.480 e. The quantitative estimate of drug-likeness (QED) is 0.362. The maximum Gasteiger partial charge on any atom is 0.326 e. The summed E-state index contributed by atoms with van der Waals surface area (Å²) in [6.07, 6.45) is 6.61. The van der Waals surface area contributed by atoms with Crippen molar-refractivity contribution in [2.24, 2.45) is 5.73 Å². The molecule has 11 nitrogen and oxygen atoms in total. The van der Waals surface area contributed by atoms with Crippen LogP contribution in [0.1, 0.15) is 18.3 Å². The Morgan fingerprint density at radius 3 is 1.96 bits per heavy atom. The van der Waals surface area contributed by atoms with Gasteiger partial charge in [-0.05, 0) is 0 Å². The molecule has 0 aliphatic carbocycles. The smallest absolute Gasteiger partial charge is 0.326 e. The summed E-state index contributed by atoms with van der Waals surface area (Å²) in [6, 6.07) is -1.78. The lowest BCUT2D eigenvalue weighted by Gasteiger charge is -2.10. The van der Waals surface area contributed by atoms with Crippen LogP contribution in [0.3, 0.4) is 0 Å². The number of carbonyl (C=O) groups excluding carboxylic acids is 1. The van der Waals surface area contributed by atoms with Gasteiger partial charge in [-0.15, -0.1) is 0 Å². The van der Waals surface area contributed by atoms with Crippen molar-refractivity contribution in [1.29, 1.82) is 0 Å². The molecule has 0 fully saturated rings. The topological polar surface area (TPSA) is 187 Å². The lowest BCUT2D eigenvalue weighted by atomic mass is 10.1. The van der Waals surface area contributed by atoms with Gasteiger partial charge in [-0.25, -0.2) is 14.8 Å². The van der Waals surface area contributed by atoms with Crippen LogP contribution >= 0.6 is 0 Å². The molecular formula is C14H20N6O5. The average Bonchev–Trinajstić information content (AvgIpc) is 3.20. The predicted octanol–water partition coefficient (Wildman–Crippen LogP) is -1.09. The molecule has 0 radical (unpaired) electrons. The van der Waals surface area contributed by atoms with Gasteiger partial charge in [0.15, 0.2) is 0 Å². The molecule has 0 bridgehead atoms. The van der Waals surface area contributed by atoms with Gasteiger partial charge in [-0.2, -0.15) is 0 Å². The van der Waals surface area contributed by atoms with Crippen molar-refractivity contribution in [3.63, 3.8) is 0 Å². The second-order valence-corrected chi connectivity index (χ2v) is 5.07. The van der Waals surface area contributed by atoms with Crippen LogP contribution < -0.4 is 11.1 Å². The van der Waals surface area contributed by atoms with Crippen LogP contribution in [0.15, 0.2) is 25.0 Å². The van der Waals surface area contributed by atoms with Crippen LogP contribution in [-0.4, -0.2) is 60.1 Å². The average molecular weight is 352 g/mol. The van der Waals surface area contributed by atoms with Gasteiger partial charge < -0.3 is 31.2 Å². The molecule has 7 N–H and O–H groups in total. The van der Waals surface area contributed by atoms with Gasteiger partial charge in [-0.3, -0.25) is 9.59 Å². The summed E-state index contributed by atoms with van der Waals surface area (Å²) in [5, 5.41) is 19.5. The molecule has 2 aromatic heterocycles. The lowest BCUT2D eigenvalue weighted by molar-refractivity contribution is -0.141. The van der Waals surface area contributed by atoms with E-state index in [0.717, 1.165) is 0 Å². The van der Waals surface area contributed by atoms with Crippen LogP contribution in [0.5, 0.6) is 0 Å². The molecule has 0 aromatic carbocycles. The molecule has 0 saturated heterocycles. The normalized spacial score (nSPS) is 12.4. The molecular weight excluding hydrogens is 332 g/mol. The molecule has 136 valence electrons. The Balaban J connectivity index is 0.000000257. The number of H-pyrrole nitrogens is 2. The van der Waals surface area contributed by atoms with E-state index in [2.05, 4.69) is 25.3 Å². The van der Waals surface area contributed by atoms with Crippen LogP contribution in [-0.2, 0) is 27.2 Å². The number of aromatic nitrogens is 4. The van der Waals surface area contributed by atoms with Crippen molar-refractivity contribution < 1.29 is 24.6 Å².